The Morgan fingerprint density at radius 1 is 0.483 bits per heavy atom. The molecule has 7 aromatic carbocycles. The zero-order valence-electron chi connectivity index (χ0n) is 35.9. The zero-order valence-corrected chi connectivity index (χ0v) is 38.3. The van der Waals surface area contributed by atoms with Gasteiger partial charge >= 0.3 is 0 Å². The fourth-order valence-corrected chi connectivity index (χ4v) is 9.90. The molecule has 0 N–H and O–H groups in total. The Hall–Kier alpha value is -5.40. The number of rotatable bonds is 11. The summed E-state index contributed by atoms with van der Waals surface area (Å²) in [6.45, 7) is 13.7. The summed E-state index contributed by atoms with van der Waals surface area (Å²) in [5.74, 6) is 0. The third kappa shape index (κ3) is 7.97. The average Bonchev–Trinajstić information content (AvgIpc) is 3.47. The van der Waals surface area contributed by atoms with Crippen LogP contribution in [0.4, 0.5) is 0 Å². The first-order chi connectivity index (χ1) is 28.7. The van der Waals surface area contributed by atoms with Crippen LogP contribution < -0.4 is 0 Å². The van der Waals surface area contributed by atoms with Crippen molar-refractivity contribution in [1.82, 2.24) is 4.98 Å². The molecule has 0 unspecified atom stereocenters. The van der Waals surface area contributed by atoms with Crippen molar-refractivity contribution < 1.29 is 20.1 Å². The van der Waals surface area contributed by atoms with Crippen molar-refractivity contribution in [1.29, 1.82) is 0 Å². The maximum atomic E-state index is 5.37. The van der Waals surface area contributed by atoms with Crippen LogP contribution in [0, 0.1) is 33.8 Å². The smallest absolute Gasteiger partial charge is 0.0602 e. The van der Waals surface area contributed by atoms with E-state index in [0.717, 1.165) is 23.2 Å². The second kappa shape index (κ2) is 17.3. The molecule has 0 spiro atoms. The summed E-state index contributed by atoms with van der Waals surface area (Å²) < 4.78 is 0. The van der Waals surface area contributed by atoms with Gasteiger partial charge in [0, 0.05) is 25.5 Å². The predicted octanol–water partition coefficient (Wildman–Crippen LogP) is 15.6. The number of benzene rings is 7. The summed E-state index contributed by atoms with van der Waals surface area (Å²) in [5.41, 5.74) is 23.8. The summed E-state index contributed by atoms with van der Waals surface area (Å²) in [6.07, 6.45) is 7.36. The van der Waals surface area contributed by atoms with E-state index in [1.807, 2.05) is 0 Å². The Morgan fingerprint density at radius 2 is 1.15 bits per heavy atom. The largest absolute Gasteiger partial charge is 0.296 e. The van der Waals surface area contributed by atoms with Gasteiger partial charge in [-0.1, -0.05) is 159 Å². The molecular formula is C58H54IrN-. The van der Waals surface area contributed by atoms with Gasteiger partial charge in [-0.05, 0) is 149 Å². The van der Waals surface area contributed by atoms with E-state index in [-0.39, 0.29) is 25.5 Å². The summed E-state index contributed by atoms with van der Waals surface area (Å²) in [6, 6.07) is 57.7. The SMILES string of the molecule is Cc1cc(-c2cccc(CCCCCCc3ccccc3)c2)cc(C)c1-c1ccc2nc(-c3[c-]cc4c(c3)C(C)(C)c3ccccc3-4)cc(-c3c(C)cccc3C)c2c1.[Ir]. The Morgan fingerprint density at radius 3 is 1.90 bits per heavy atom. The number of fused-ring (bicyclic) bond motifs is 4. The molecule has 0 atom stereocenters. The number of pyridine rings is 1. The molecule has 1 aromatic heterocycles. The molecule has 1 heterocycles. The van der Waals surface area contributed by atoms with Crippen molar-refractivity contribution in [3.63, 3.8) is 0 Å². The average molecular weight is 957 g/mol. The molecule has 301 valence electrons. The number of aryl methyl sites for hydroxylation is 6. The Kier molecular flexibility index (Phi) is 11.9. The van der Waals surface area contributed by atoms with Crippen LogP contribution in [0.15, 0.2) is 146 Å². The Labute approximate surface area is 371 Å². The van der Waals surface area contributed by atoms with Gasteiger partial charge in [-0.3, -0.25) is 4.98 Å². The van der Waals surface area contributed by atoms with E-state index >= 15 is 0 Å². The predicted molar refractivity (Wildman–Crippen MR) is 251 cm³/mol. The van der Waals surface area contributed by atoms with Gasteiger partial charge in [-0.25, -0.2) is 0 Å². The van der Waals surface area contributed by atoms with Gasteiger partial charge in [-0.2, -0.15) is 0 Å². The summed E-state index contributed by atoms with van der Waals surface area (Å²) in [4.78, 5) is 5.37. The van der Waals surface area contributed by atoms with Crippen LogP contribution in [0.5, 0.6) is 0 Å². The van der Waals surface area contributed by atoms with E-state index < -0.39 is 0 Å². The van der Waals surface area contributed by atoms with Crippen LogP contribution in [-0.2, 0) is 38.4 Å². The molecule has 8 aromatic rings. The van der Waals surface area contributed by atoms with Crippen molar-refractivity contribution in [2.75, 3.05) is 0 Å². The van der Waals surface area contributed by atoms with E-state index in [0.29, 0.717) is 0 Å². The molecular weight excluding hydrogens is 903 g/mol. The van der Waals surface area contributed by atoms with Gasteiger partial charge in [0.15, 0.2) is 0 Å². The van der Waals surface area contributed by atoms with E-state index in [2.05, 4.69) is 193 Å². The Balaban J connectivity index is 0.00000499. The monoisotopic (exact) mass is 957 g/mol. The van der Waals surface area contributed by atoms with Crippen molar-refractivity contribution >= 4 is 10.9 Å². The van der Waals surface area contributed by atoms with Gasteiger partial charge in [0.1, 0.15) is 0 Å². The van der Waals surface area contributed by atoms with Crippen molar-refractivity contribution in [3.8, 4) is 55.8 Å². The van der Waals surface area contributed by atoms with E-state index in [1.165, 1.54) is 127 Å². The zero-order chi connectivity index (χ0) is 40.7. The van der Waals surface area contributed by atoms with Crippen LogP contribution >= 0.6 is 0 Å². The molecule has 1 aliphatic rings. The second-order valence-electron chi connectivity index (χ2n) is 17.5. The maximum Gasteiger partial charge on any atom is 0.0602 e. The first kappa shape index (κ1) is 41.3. The number of hydrogen-bond acceptors (Lipinski definition) is 1. The molecule has 1 aliphatic carbocycles. The van der Waals surface area contributed by atoms with E-state index in [9.17, 15) is 0 Å². The van der Waals surface area contributed by atoms with E-state index in [1.54, 1.807) is 0 Å². The number of aromatic nitrogens is 1. The summed E-state index contributed by atoms with van der Waals surface area (Å²) in [7, 11) is 0. The van der Waals surface area contributed by atoms with Gasteiger partial charge in [-0.15, -0.1) is 29.3 Å². The molecule has 0 fully saturated rings. The first-order valence-corrected chi connectivity index (χ1v) is 21.6. The van der Waals surface area contributed by atoms with Crippen molar-refractivity contribution in [3.05, 3.63) is 196 Å². The van der Waals surface area contributed by atoms with Crippen LogP contribution in [0.25, 0.3) is 66.7 Å². The molecule has 1 radical (unpaired) electrons. The second-order valence-corrected chi connectivity index (χ2v) is 17.5. The molecule has 0 amide bonds. The van der Waals surface area contributed by atoms with Crippen molar-refractivity contribution in [2.24, 2.45) is 0 Å². The summed E-state index contributed by atoms with van der Waals surface area (Å²) in [5, 5.41) is 1.17. The molecule has 1 nitrogen and oxygen atoms in total. The fourth-order valence-electron chi connectivity index (χ4n) is 9.90. The third-order valence-electron chi connectivity index (χ3n) is 13.0. The molecule has 60 heavy (non-hydrogen) atoms. The topological polar surface area (TPSA) is 12.9 Å². The molecule has 0 aliphatic heterocycles. The van der Waals surface area contributed by atoms with Crippen molar-refractivity contribution in [2.45, 2.75) is 85.5 Å². The maximum absolute atomic E-state index is 5.37. The third-order valence-corrected chi connectivity index (χ3v) is 13.0. The fraction of sp³-hybridized carbons (Fsp3) is 0.224. The van der Waals surface area contributed by atoms with Crippen LogP contribution in [0.2, 0.25) is 0 Å². The minimum absolute atomic E-state index is 0. The minimum Gasteiger partial charge on any atom is -0.296 e. The summed E-state index contributed by atoms with van der Waals surface area (Å²) >= 11 is 0. The number of hydrogen-bond donors (Lipinski definition) is 0. The van der Waals surface area contributed by atoms with Gasteiger partial charge in [0.2, 0.25) is 0 Å². The Bertz CT molecular complexity index is 2800. The normalized spacial score (nSPS) is 12.6. The number of nitrogens with zero attached hydrogens (tertiary/aromatic N) is 1. The molecule has 0 saturated carbocycles. The van der Waals surface area contributed by atoms with Crippen LogP contribution in [-0.4, -0.2) is 4.98 Å². The number of unbranched alkanes of at least 4 members (excludes halogenated alkanes) is 3. The molecule has 2 heteroatoms. The van der Waals surface area contributed by atoms with Gasteiger partial charge in [0.05, 0.1) is 5.52 Å². The minimum atomic E-state index is -0.0895. The first-order valence-electron chi connectivity index (χ1n) is 21.6. The molecule has 9 rings (SSSR count). The standard InChI is InChI=1S/C58H54N.Ir/c1-38-18-16-19-39(2)57(38)51-37-55(45-28-30-49-48-26-14-15-27-52(48)58(5,6)53(49)36-45)59-54-31-29-46(35-50(51)54)56-40(3)32-47(33-41(56)4)44-25-17-24-43(34-44)23-11-8-7-10-20-42-21-12-9-13-22-42;/h9,12-19,21-22,24-27,29-37H,7-8,10-11,20,23H2,1-6H3;/q-1;. The quantitative estimate of drug-likeness (QED) is 0.0930. The van der Waals surface area contributed by atoms with Gasteiger partial charge in [0.25, 0.3) is 0 Å². The van der Waals surface area contributed by atoms with Crippen LogP contribution in [0.1, 0.15) is 84.0 Å². The van der Waals surface area contributed by atoms with E-state index in [4.69, 9.17) is 4.98 Å². The van der Waals surface area contributed by atoms with Crippen LogP contribution in [0.3, 0.4) is 0 Å². The van der Waals surface area contributed by atoms with Gasteiger partial charge < -0.3 is 0 Å². The molecule has 0 bridgehead atoms. The molecule has 0 saturated heterocycles.